The number of hydrogen-bond donors (Lipinski definition) is 1. The smallest absolute Gasteiger partial charge is 0.165 e. The second kappa shape index (κ2) is 6.19. The second-order valence-corrected chi connectivity index (χ2v) is 6.14. The van der Waals surface area contributed by atoms with Crippen molar-refractivity contribution in [1.82, 2.24) is 0 Å². The van der Waals surface area contributed by atoms with E-state index < -0.39 is 5.82 Å². The van der Waals surface area contributed by atoms with Crippen molar-refractivity contribution in [3.63, 3.8) is 0 Å². The molecule has 0 aromatic heterocycles. The van der Waals surface area contributed by atoms with Crippen LogP contribution in [0.1, 0.15) is 17.2 Å². The molecule has 0 aliphatic carbocycles. The molecule has 0 aliphatic heterocycles. The molecule has 2 rings (SSSR count). The molecule has 0 saturated heterocycles. The molecular formula is C14H12BrFINO. The van der Waals surface area contributed by atoms with Crippen LogP contribution in [0.3, 0.4) is 0 Å². The molecule has 2 aromatic carbocycles. The molecule has 19 heavy (non-hydrogen) atoms. The summed E-state index contributed by atoms with van der Waals surface area (Å²) in [5, 5.41) is 0. The molecule has 0 aliphatic rings. The average Bonchev–Trinajstić information content (AvgIpc) is 2.40. The number of benzene rings is 2. The zero-order valence-corrected chi connectivity index (χ0v) is 13.9. The van der Waals surface area contributed by atoms with Crippen LogP contribution in [0.15, 0.2) is 40.9 Å². The third kappa shape index (κ3) is 3.27. The molecule has 2 N–H and O–H groups in total. The van der Waals surface area contributed by atoms with E-state index in [0.29, 0.717) is 5.56 Å². The quantitative estimate of drug-likeness (QED) is 0.731. The highest BCUT2D eigenvalue weighted by atomic mass is 127. The summed E-state index contributed by atoms with van der Waals surface area (Å²) in [5.74, 6) is -0.185. The lowest BCUT2D eigenvalue weighted by molar-refractivity contribution is 0.386. The van der Waals surface area contributed by atoms with E-state index in [1.165, 1.54) is 13.2 Å². The van der Waals surface area contributed by atoms with Gasteiger partial charge in [0.1, 0.15) is 0 Å². The molecule has 1 atom stereocenters. The minimum atomic E-state index is -0.405. The predicted octanol–water partition coefficient (Wildman–Crippen LogP) is 4.25. The summed E-state index contributed by atoms with van der Waals surface area (Å²) in [4.78, 5) is 0. The van der Waals surface area contributed by atoms with Gasteiger partial charge in [0.15, 0.2) is 11.6 Å². The molecule has 0 amide bonds. The number of nitrogens with two attached hydrogens (primary N) is 1. The molecule has 0 heterocycles. The fourth-order valence-corrected chi connectivity index (χ4v) is 2.82. The zero-order chi connectivity index (χ0) is 14.0. The number of ether oxygens (including phenoxy) is 1. The van der Waals surface area contributed by atoms with Gasteiger partial charge in [-0.3, -0.25) is 0 Å². The summed E-state index contributed by atoms with van der Waals surface area (Å²) >= 11 is 5.70. The van der Waals surface area contributed by atoms with Crippen molar-refractivity contribution < 1.29 is 9.13 Å². The highest BCUT2D eigenvalue weighted by Crippen LogP contribution is 2.30. The topological polar surface area (TPSA) is 35.2 Å². The Labute approximate surface area is 133 Å². The van der Waals surface area contributed by atoms with Crippen LogP contribution in [0.4, 0.5) is 4.39 Å². The van der Waals surface area contributed by atoms with Crippen molar-refractivity contribution in [1.29, 1.82) is 0 Å². The van der Waals surface area contributed by atoms with Gasteiger partial charge in [-0.1, -0.05) is 22.0 Å². The molecule has 0 bridgehead atoms. The maximum absolute atomic E-state index is 13.7. The van der Waals surface area contributed by atoms with E-state index >= 15 is 0 Å². The molecule has 0 radical (unpaired) electrons. The molecule has 2 nitrogen and oxygen atoms in total. The Morgan fingerprint density at radius 3 is 2.63 bits per heavy atom. The molecule has 0 fully saturated rings. The van der Waals surface area contributed by atoms with Gasteiger partial charge in [-0.25, -0.2) is 4.39 Å². The minimum Gasteiger partial charge on any atom is -0.494 e. The van der Waals surface area contributed by atoms with Crippen LogP contribution in [0.5, 0.6) is 5.75 Å². The Bertz CT molecular complexity index is 606. The van der Waals surface area contributed by atoms with Crippen molar-refractivity contribution in [2.45, 2.75) is 6.04 Å². The monoisotopic (exact) mass is 435 g/mol. The van der Waals surface area contributed by atoms with Gasteiger partial charge in [0.2, 0.25) is 0 Å². The van der Waals surface area contributed by atoms with E-state index in [9.17, 15) is 4.39 Å². The highest BCUT2D eigenvalue weighted by Gasteiger charge is 2.15. The van der Waals surface area contributed by atoms with Gasteiger partial charge >= 0.3 is 0 Å². The molecule has 5 heteroatoms. The van der Waals surface area contributed by atoms with Crippen LogP contribution in [-0.2, 0) is 0 Å². The standard InChI is InChI=1S/C14H12BrFINO/c1-19-13-5-2-8(6-12(13)16)14(18)10-7-9(17)3-4-11(10)15/h2-7,14H,18H2,1H3. The Morgan fingerprint density at radius 2 is 2.00 bits per heavy atom. The third-order valence-corrected chi connectivity index (χ3v) is 4.22. The van der Waals surface area contributed by atoms with E-state index in [-0.39, 0.29) is 11.8 Å². The lowest BCUT2D eigenvalue weighted by Crippen LogP contribution is -2.13. The van der Waals surface area contributed by atoms with E-state index in [1.54, 1.807) is 12.1 Å². The average molecular weight is 436 g/mol. The number of methoxy groups -OCH3 is 1. The summed E-state index contributed by atoms with van der Waals surface area (Å²) < 4.78 is 20.6. The maximum atomic E-state index is 13.7. The first-order valence-electron chi connectivity index (χ1n) is 5.57. The van der Waals surface area contributed by atoms with Crippen LogP contribution < -0.4 is 10.5 Å². The van der Waals surface area contributed by atoms with E-state index in [1.807, 2.05) is 18.2 Å². The fourth-order valence-electron chi connectivity index (χ4n) is 1.81. The van der Waals surface area contributed by atoms with Gasteiger partial charge in [-0.2, -0.15) is 0 Å². The Balaban J connectivity index is 2.41. The van der Waals surface area contributed by atoms with Gasteiger partial charge in [0.25, 0.3) is 0 Å². The van der Waals surface area contributed by atoms with Crippen LogP contribution >= 0.6 is 38.5 Å². The Hall–Kier alpha value is -0.660. The fraction of sp³-hybridized carbons (Fsp3) is 0.143. The van der Waals surface area contributed by atoms with Crippen LogP contribution in [0.2, 0.25) is 0 Å². The van der Waals surface area contributed by atoms with Crippen molar-refractivity contribution in [3.8, 4) is 5.75 Å². The summed E-state index contributed by atoms with van der Waals surface area (Å²) in [7, 11) is 1.44. The summed E-state index contributed by atoms with van der Waals surface area (Å²) in [6, 6.07) is 10.3. The highest BCUT2D eigenvalue weighted by molar-refractivity contribution is 14.1. The largest absolute Gasteiger partial charge is 0.494 e. The third-order valence-electron chi connectivity index (χ3n) is 2.83. The Kier molecular flexibility index (Phi) is 4.81. The Morgan fingerprint density at radius 1 is 1.26 bits per heavy atom. The molecular weight excluding hydrogens is 424 g/mol. The SMILES string of the molecule is COc1ccc(C(N)c2cc(I)ccc2Br)cc1F. The van der Waals surface area contributed by atoms with Gasteiger partial charge in [0.05, 0.1) is 13.2 Å². The summed E-state index contributed by atoms with van der Waals surface area (Å²) in [5.41, 5.74) is 7.84. The van der Waals surface area contributed by atoms with Crippen molar-refractivity contribution >= 4 is 38.5 Å². The van der Waals surface area contributed by atoms with Gasteiger partial charge in [-0.15, -0.1) is 0 Å². The number of hydrogen-bond acceptors (Lipinski definition) is 2. The molecule has 0 saturated carbocycles. The van der Waals surface area contributed by atoms with E-state index in [2.05, 4.69) is 38.5 Å². The molecule has 100 valence electrons. The summed E-state index contributed by atoms with van der Waals surface area (Å²) in [6.07, 6.45) is 0. The van der Waals surface area contributed by atoms with Crippen molar-refractivity contribution in [2.75, 3.05) is 7.11 Å². The summed E-state index contributed by atoms with van der Waals surface area (Å²) in [6.45, 7) is 0. The van der Waals surface area contributed by atoms with Gasteiger partial charge < -0.3 is 10.5 Å². The zero-order valence-electron chi connectivity index (χ0n) is 10.2. The van der Waals surface area contributed by atoms with Crippen molar-refractivity contribution in [2.24, 2.45) is 5.73 Å². The number of rotatable bonds is 3. The second-order valence-electron chi connectivity index (χ2n) is 4.04. The normalized spacial score (nSPS) is 12.3. The maximum Gasteiger partial charge on any atom is 0.165 e. The lowest BCUT2D eigenvalue weighted by Gasteiger charge is -2.15. The van der Waals surface area contributed by atoms with Crippen LogP contribution in [0.25, 0.3) is 0 Å². The predicted molar refractivity (Wildman–Crippen MR) is 85.8 cm³/mol. The molecule has 1 unspecified atom stereocenters. The molecule has 2 aromatic rings. The molecule has 0 spiro atoms. The first-order chi connectivity index (χ1) is 9.02. The van der Waals surface area contributed by atoms with Crippen LogP contribution in [0, 0.1) is 9.39 Å². The van der Waals surface area contributed by atoms with E-state index in [4.69, 9.17) is 10.5 Å². The van der Waals surface area contributed by atoms with Gasteiger partial charge in [-0.05, 0) is 64.0 Å². The van der Waals surface area contributed by atoms with E-state index in [0.717, 1.165) is 13.6 Å². The first-order valence-corrected chi connectivity index (χ1v) is 7.44. The lowest BCUT2D eigenvalue weighted by atomic mass is 9.99. The number of halogens is 3. The van der Waals surface area contributed by atoms with Crippen LogP contribution in [-0.4, -0.2) is 7.11 Å². The minimum absolute atomic E-state index is 0.220. The van der Waals surface area contributed by atoms with Crippen molar-refractivity contribution in [3.05, 3.63) is 61.4 Å². The first kappa shape index (κ1) is 14.7. The van der Waals surface area contributed by atoms with Gasteiger partial charge in [0, 0.05) is 8.04 Å².